The highest BCUT2D eigenvalue weighted by Crippen LogP contribution is 2.68. The van der Waals surface area contributed by atoms with E-state index < -0.39 is 33.9 Å². The molecule has 4 fully saturated rings. The molecule has 3 saturated carbocycles. The number of anilines is 2. The summed E-state index contributed by atoms with van der Waals surface area (Å²) in [6, 6.07) is 0. The minimum Gasteiger partial charge on any atom is -0.461 e. The quantitative estimate of drug-likeness (QED) is 0.237. The molecule has 1 aliphatic heterocycles. The number of aliphatic hydroxyl groups is 1. The monoisotopic (exact) mass is 671 g/mol. The summed E-state index contributed by atoms with van der Waals surface area (Å²) in [5, 5.41) is 11.8. The second kappa shape index (κ2) is 13.0. The third-order valence-electron chi connectivity index (χ3n) is 12.8. The molecule has 1 aromatic carbocycles. The van der Waals surface area contributed by atoms with Gasteiger partial charge in [-0.15, -0.1) is 18.3 Å². The Morgan fingerprint density at radius 2 is 1.81 bits per heavy atom. The molecule has 1 aromatic rings. The van der Waals surface area contributed by atoms with Crippen LogP contribution in [0.15, 0.2) is 22.2 Å². The van der Waals surface area contributed by atoms with E-state index in [1.54, 1.807) is 32.1 Å². The van der Waals surface area contributed by atoms with Gasteiger partial charge in [0.15, 0.2) is 0 Å². The molecular weight excluding hydrogens is 618 g/mol. The first kappa shape index (κ1) is 35.6. The Hall–Kier alpha value is -2.66. The summed E-state index contributed by atoms with van der Waals surface area (Å²) in [6.07, 6.45) is 5.63. The van der Waals surface area contributed by atoms with Crippen molar-refractivity contribution in [3.05, 3.63) is 33.1 Å². The fraction of sp³-hybridized carbons (Fsp3) is 0.750. The number of esters is 1. The number of amides is 1. The number of nitrogens with zero attached hydrogens (tertiary/aromatic N) is 3. The Morgan fingerprint density at radius 3 is 2.47 bits per heavy atom. The average Bonchev–Trinajstić information content (AvgIpc) is 3.40. The smallest absolute Gasteiger partial charge is 0.316 e. The molecule has 1 heterocycles. The lowest BCUT2D eigenvalue weighted by atomic mass is 9.44. The number of likely N-dealkylation sites (N-methyl/N-ethyl adjacent to an activating group) is 2. The highest BCUT2D eigenvalue weighted by molar-refractivity contribution is 8.00. The van der Waals surface area contributed by atoms with E-state index in [0.29, 0.717) is 31.6 Å². The van der Waals surface area contributed by atoms with Crippen molar-refractivity contribution in [2.75, 3.05) is 56.3 Å². The molecule has 260 valence electrons. The average molecular weight is 672 g/mol. The fourth-order valence-corrected chi connectivity index (χ4v) is 10.7. The van der Waals surface area contributed by atoms with E-state index in [-0.39, 0.29) is 64.1 Å². The number of Topliss-reactive ketones (excluding diaryl/α,β-unsaturated/α-hetero) is 1. The molecule has 5 rings (SSSR count). The molecule has 9 atom stereocenters. The first-order chi connectivity index (χ1) is 22.0. The lowest BCUT2D eigenvalue weighted by molar-refractivity contribution is -0.205. The van der Waals surface area contributed by atoms with Gasteiger partial charge in [-0.1, -0.05) is 33.8 Å². The Bertz CT molecular complexity index is 1490. The molecule has 0 spiro atoms. The zero-order valence-corrected chi connectivity index (χ0v) is 30.0. The third-order valence-corrected chi connectivity index (χ3v) is 14.1. The Morgan fingerprint density at radius 1 is 1.11 bits per heavy atom. The SMILES string of the molecule is C=C[C@]1(C)C[C@@H](OC(=O)CSC2CCCN(c3c(N(C)CC(=O)N(C)C)c(=O)c3=O)C2)[C@]2(C)[C@H](C)CC[C@]3(CCC(=O)[C@H]32)[C@@H](C)[C@@H]1O. The van der Waals surface area contributed by atoms with E-state index >= 15 is 0 Å². The summed E-state index contributed by atoms with van der Waals surface area (Å²) in [6.45, 7) is 13.6. The molecule has 0 aromatic heterocycles. The molecule has 1 saturated heterocycles. The standard InChI is InChI=1S/C36H53N3O7S/c1-9-34(4)17-25(35(5)21(2)12-14-36(22(3)33(34)45)15-13-24(40)32(35)36)46-27(42)20-47-23-11-10-16-39(18-23)29-28(30(43)31(29)44)38(8)19-26(41)37(6)7/h9,21-23,25,32-33,45H,1,10-20H2,2-8H3/t21-,22+,23?,25-,32+,33+,34-,35+,36+/m1/s1. The van der Waals surface area contributed by atoms with Crippen molar-refractivity contribution in [2.45, 2.75) is 90.1 Å². The lowest BCUT2D eigenvalue weighted by Gasteiger charge is -2.61. The number of hydrogen-bond acceptors (Lipinski definition) is 10. The summed E-state index contributed by atoms with van der Waals surface area (Å²) in [5.41, 5.74) is -2.06. The number of ether oxygens (including phenoxy) is 1. The second-order valence-corrected chi connectivity index (χ2v) is 16.9. The predicted molar refractivity (Wildman–Crippen MR) is 186 cm³/mol. The van der Waals surface area contributed by atoms with Crippen molar-refractivity contribution in [3.63, 3.8) is 0 Å². The van der Waals surface area contributed by atoms with Crippen molar-refractivity contribution < 1.29 is 24.2 Å². The number of ketones is 1. The Labute approximate surface area is 282 Å². The molecule has 3 aliphatic carbocycles. The molecule has 11 heteroatoms. The molecule has 2 bridgehead atoms. The van der Waals surface area contributed by atoms with Crippen LogP contribution in [0, 0.1) is 34.0 Å². The molecule has 1 amide bonds. The largest absolute Gasteiger partial charge is 0.461 e. The van der Waals surface area contributed by atoms with Crippen LogP contribution in [-0.4, -0.2) is 91.7 Å². The predicted octanol–water partition coefficient (Wildman–Crippen LogP) is 3.42. The van der Waals surface area contributed by atoms with E-state index in [1.807, 2.05) is 11.8 Å². The van der Waals surface area contributed by atoms with Gasteiger partial charge in [-0.3, -0.25) is 24.0 Å². The van der Waals surface area contributed by atoms with Crippen LogP contribution in [-0.2, 0) is 19.1 Å². The van der Waals surface area contributed by atoms with Crippen molar-refractivity contribution >= 4 is 40.8 Å². The number of carbonyl (C=O) groups is 3. The van der Waals surface area contributed by atoms with Gasteiger partial charge in [0, 0.05) is 62.7 Å². The number of thioether (sulfide) groups is 1. The van der Waals surface area contributed by atoms with Crippen molar-refractivity contribution in [3.8, 4) is 0 Å². The highest BCUT2D eigenvalue weighted by Gasteiger charge is 2.68. The number of carbonyl (C=O) groups excluding carboxylic acids is 3. The maximum absolute atomic E-state index is 13.7. The van der Waals surface area contributed by atoms with Gasteiger partial charge in [0.25, 0.3) is 10.9 Å². The topological polar surface area (TPSA) is 125 Å². The van der Waals surface area contributed by atoms with Gasteiger partial charge >= 0.3 is 5.97 Å². The zero-order valence-electron chi connectivity index (χ0n) is 29.2. The van der Waals surface area contributed by atoms with Gasteiger partial charge in [-0.25, -0.2) is 0 Å². The second-order valence-electron chi connectivity index (χ2n) is 15.6. The van der Waals surface area contributed by atoms with E-state index in [9.17, 15) is 29.1 Å². The first-order valence-electron chi connectivity index (χ1n) is 17.2. The third kappa shape index (κ3) is 5.87. The van der Waals surface area contributed by atoms with Crippen LogP contribution in [0.25, 0.3) is 0 Å². The summed E-state index contributed by atoms with van der Waals surface area (Å²) >= 11 is 1.49. The number of piperidine rings is 1. The van der Waals surface area contributed by atoms with Crippen molar-refractivity contribution in [2.24, 2.45) is 34.0 Å². The number of aliphatic hydroxyl groups excluding tert-OH is 1. The van der Waals surface area contributed by atoms with Gasteiger partial charge in [0.2, 0.25) is 5.91 Å². The fourth-order valence-electron chi connectivity index (χ4n) is 9.60. The van der Waals surface area contributed by atoms with E-state index in [2.05, 4.69) is 27.4 Å². The molecule has 10 nitrogen and oxygen atoms in total. The molecule has 4 aliphatic rings. The van der Waals surface area contributed by atoms with Crippen molar-refractivity contribution in [1.29, 1.82) is 0 Å². The van der Waals surface area contributed by atoms with Crippen LogP contribution >= 0.6 is 11.8 Å². The highest BCUT2D eigenvalue weighted by atomic mass is 32.2. The van der Waals surface area contributed by atoms with Crippen LogP contribution < -0.4 is 20.7 Å². The van der Waals surface area contributed by atoms with Gasteiger partial charge in [0.1, 0.15) is 23.3 Å². The lowest BCUT2D eigenvalue weighted by Crippen LogP contribution is -2.63. The van der Waals surface area contributed by atoms with E-state index in [0.717, 1.165) is 32.1 Å². The Kier molecular flexibility index (Phi) is 9.85. The summed E-state index contributed by atoms with van der Waals surface area (Å²) in [4.78, 5) is 69.8. The molecule has 47 heavy (non-hydrogen) atoms. The van der Waals surface area contributed by atoms with Gasteiger partial charge in [-0.05, 0) is 55.8 Å². The van der Waals surface area contributed by atoms with E-state index in [1.165, 1.54) is 16.7 Å². The summed E-state index contributed by atoms with van der Waals surface area (Å²) < 4.78 is 6.42. The molecule has 0 radical (unpaired) electrons. The normalized spacial score (nSPS) is 37.1. The van der Waals surface area contributed by atoms with Crippen LogP contribution in [0.5, 0.6) is 0 Å². The van der Waals surface area contributed by atoms with Gasteiger partial charge in [-0.2, -0.15) is 0 Å². The summed E-state index contributed by atoms with van der Waals surface area (Å²) in [7, 11) is 4.94. The van der Waals surface area contributed by atoms with Gasteiger partial charge in [0.05, 0.1) is 18.4 Å². The van der Waals surface area contributed by atoms with Crippen LogP contribution in [0.1, 0.15) is 72.6 Å². The van der Waals surface area contributed by atoms with Crippen molar-refractivity contribution in [1.82, 2.24) is 4.90 Å². The first-order valence-corrected chi connectivity index (χ1v) is 18.2. The minimum absolute atomic E-state index is 0.00414. The van der Waals surface area contributed by atoms with E-state index in [4.69, 9.17) is 4.74 Å². The Balaban J connectivity index is 1.31. The number of hydrogen-bond donors (Lipinski definition) is 1. The molecular formula is C36H53N3O7S. The van der Waals surface area contributed by atoms with Crippen LogP contribution in [0.2, 0.25) is 0 Å². The maximum atomic E-state index is 13.7. The van der Waals surface area contributed by atoms with Crippen LogP contribution in [0.4, 0.5) is 11.4 Å². The zero-order chi connectivity index (χ0) is 34.6. The molecule has 1 N–H and O–H groups in total. The van der Waals surface area contributed by atoms with Crippen LogP contribution in [0.3, 0.4) is 0 Å². The maximum Gasteiger partial charge on any atom is 0.316 e. The van der Waals surface area contributed by atoms with Gasteiger partial charge < -0.3 is 24.5 Å². The molecule has 1 unspecified atom stereocenters. The number of rotatable bonds is 9. The minimum atomic E-state index is -0.713. The summed E-state index contributed by atoms with van der Waals surface area (Å²) in [5.74, 6) is -0.372.